The van der Waals surface area contributed by atoms with E-state index in [4.69, 9.17) is 5.11 Å². The summed E-state index contributed by atoms with van der Waals surface area (Å²) in [4.78, 5) is 0.190. The summed E-state index contributed by atoms with van der Waals surface area (Å²) >= 11 is 0. The van der Waals surface area contributed by atoms with E-state index in [0.717, 1.165) is 12.8 Å². The second-order valence-corrected chi connectivity index (χ2v) is 5.81. The molecule has 0 saturated heterocycles. The normalized spacial score (nSPS) is 16.9. The standard InChI is InChI=1S/C9H15N3O3S/c1-11-7-9(6-10-11)16(14,15)12(4-5-13)8-2-3-8/h6-8,13H,2-5H2,1H3. The highest BCUT2D eigenvalue weighted by Crippen LogP contribution is 2.31. The van der Waals surface area contributed by atoms with Crippen LogP contribution in [0.25, 0.3) is 0 Å². The van der Waals surface area contributed by atoms with Crippen molar-refractivity contribution in [1.29, 1.82) is 0 Å². The van der Waals surface area contributed by atoms with Gasteiger partial charge < -0.3 is 5.11 Å². The fraction of sp³-hybridized carbons (Fsp3) is 0.667. The van der Waals surface area contributed by atoms with E-state index in [9.17, 15) is 8.42 Å². The second kappa shape index (κ2) is 4.15. The first-order valence-electron chi connectivity index (χ1n) is 5.17. The Morgan fingerprint density at radius 1 is 1.62 bits per heavy atom. The third-order valence-electron chi connectivity index (χ3n) is 2.56. The predicted octanol–water partition coefficient (Wildman–Crippen LogP) is -0.435. The van der Waals surface area contributed by atoms with Crippen molar-refractivity contribution in [3.05, 3.63) is 12.4 Å². The van der Waals surface area contributed by atoms with Crippen LogP contribution in [0.3, 0.4) is 0 Å². The van der Waals surface area contributed by atoms with Gasteiger partial charge in [-0.1, -0.05) is 0 Å². The molecule has 0 radical (unpaired) electrons. The molecule has 0 atom stereocenters. The number of aryl methyl sites for hydroxylation is 1. The summed E-state index contributed by atoms with van der Waals surface area (Å²) in [6.07, 6.45) is 4.56. The maximum Gasteiger partial charge on any atom is 0.246 e. The molecule has 1 N–H and O–H groups in total. The van der Waals surface area contributed by atoms with Gasteiger partial charge in [0.1, 0.15) is 4.90 Å². The maximum absolute atomic E-state index is 12.2. The Hall–Kier alpha value is -0.920. The Bertz CT molecular complexity index is 464. The average Bonchev–Trinajstić information content (AvgIpc) is 2.96. The van der Waals surface area contributed by atoms with Crippen molar-refractivity contribution >= 4 is 10.0 Å². The number of hydrogen-bond donors (Lipinski definition) is 1. The molecular formula is C9H15N3O3S. The number of rotatable bonds is 5. The largest absolute Gasteiger partial charge is 0.395 e. The lowest BCUT2D eigenvalue weighted by Crippen LogP contribution is -2.35. The molecule has 0 spiro atoms. The molecule has 1 aliphatic carbocycles. The van der Waals surface area contributed by atoms with E-state index in [0.29, 0.717) is 0 Å². The number of hydrogen-bond acceptors (Lipinski definition) is 4. The zero-order chi connectivity index (χ0) is 11.8. The minimum absolute atomic E-state index is 0.0531. The summed E-state index contributed by atoms with van der Waals surface area (Å²) in [5.74, 6) is 0. The first-order chi connectivity index (χ1) is 7.55. The second-order valence-electron chi connectivity index (χ2n) is 3.92. The Kier molecular flexibility index (Phi) is 3.00. The minimum Gasteiger partial charge on any atom is -0.395 e. The summed E-state index contributed by atoms with van der Waals surface area (Å²) in [7, 11) is -1.82. The number of sulfonamides is 1. The van der Waals surface area contributed by atoms with Crippen molar-refractivity contribution < 1.29 is 13.5 Å². The van der Waals surface area contributed by atoms with E-state index in [2.05, 4.69) is 5.10 Å². The van der Waals surface area contributed by atoms with Crippen molar-refractivity contribution in [2.24, 2.45) is 7.05 Å². The summed E-state index contributed by atoms with van der Waals surface area (Å²) in [6.45, 7) is -0.00210. The lowest BCUT2D eigenvalue weighted by Gasteiger charge is -2.19. The number of aliphatic hydroxyl groups is 1. The number of aliphatic hydroxyl groups excluding tert-OH is 1. The van der Waals surface area contributed by atoms with Gasteiger partial charge in [-0.3, -0.25) is 4.68 Å². The lowest BCUT2D eigenvalue weighted by atomic mass is 10.6. The third-order valence-corrected chi connectivity index (χ3v) is 4.47. The molecule has 1 aromatic heterocycles. The van der Waals surface area contributed by atoms with Crippen LogP contribution in [0, 0.1) is 0 Å². The van der Waals surface area contributed by atoms with E-state index in [1.54, 1.807) is 7.05 Å². The molecule has 2 rings (SSSR count). The molecule has 90 valence electrons. The van der Waals surface area contributed by atoms with Crippen LogP contribution < -0.4 is 0 Å². The predicted molar refractivity (Wildman–Crippen MR) is 57.2 cm³/mol. The molecule has 7 heteroatoms. The Morgan fingerprint density at radius 2 is 2.31 bits per heavy atom. The zero-order valence-electron chi connectivity index (χ0n) is 9.07. The maximum atomic E-state index is 12.2. The van der Waals surface area contributed by atoms with Gasteiger partial charge in [0.15, 0.2) is 0 Å². The molecule has 1 aromatic rings. The van der Waals surface area contributed by atoms with Crippen LogP contribution in [0.4, 0.5) is 0 Å². The van der Waals surface area contributed by atoms with Gasteiger partial charge in [-0.25, -0.2) is 8.42 Å². The number of aromatic nitrogens is 2. The van der Waals surface area contributed by atoms with Crippen molar-refractivity contribution in [1.82, 2.24) is 14.1 Å². The summed E-state index contributed by atoms with van der Waals surface area (Å²) in [6, 6.07) is 0.0531. The van der Waals surface area contributed by atoms with Crippen LogP contribution in [-0.2, 0) is 17.1 Å². The monoisotopic (exact) mass is 245 g/mol. The summed E-state index contributed by atoms with van der Waals surface area (Å²) in [5.41, 5.74) is 0. The van der Waals surface area contributed by atoms with Gasteiger partial charge in [0.05, 0.1) is 12.8 Å². The highest BCUT2D eigenvalue weighted by atomic mass is 32.2. The summed E-state index contributed by atoms with van der Waals surface area (Å²) in [5, 5.41) is 12.8. The molecule has 0 aromatic carbocycles. The third kappa shape index (κ3) is 2.11. The van der Waals surface area contributed by atoms with Gasteiger partial charge in [0, 0.05) is 25.8 Å². The smallest absolute Gasteiger partial charge is 0.246 e. The van der Waals surface area contributed by atoms with Crippen molar-refractivity contribution in [3.63, 3.8) is 0 Å². The van der Waals surface area contributed by atoms with Crippen molar-refractivity contribution in [2.75, 3.05) is 13.2 Å². The molecule has 16 heavy (non-hydrogen) atoms. The van der Waals surface area contributed by atoms with Crippen LogP contribution in [0.15, 0.2) is 17.3 Å². The van der Waals surface area contributed by atoms with Crippen LogP contribution >= 0.6 is 0 Å². The highest BCUT2D eigenvalue weighted by Gasteiger charge is 2.38. The van der Waals surface area contributed by atoms with E-state index in [1.807, 2.05) is 0 Å². The fourth-order valence-corrected chi connectivity index (χ4v) is 3.29. The van der Waals surface area contributed by atoms with Gasteiger partial charge in [-0.05, 0) is 12.8 Å². The molecule has 0 amide bonds. The van der Waals surface area contributed by atoms with Gasteiger partial charge in [0.2, 0.25) is 10.0 Å². The number of nitrogens with zero attached hydrogens (tertiary/aromatic N) is 3. The first kappa shape index (κ1) is 11.6. The Morgan fingerprint density at radius 3 is 2.75 bits per heavy atom. The molecule has 1 aliphatic rings. The average molecular weight is 245 g/mol. The minimum atomic E-state index is -3.49. The summed E-state index contributed by atoms with van der Waals surface area (Å²) < 4.78 is 27.2. The van der Waals surface area contributed by atoms with Crippen molar-refractivity contribution in [3.8, 4) is 0 Å². The van der Waals surface area contributed by atoms with E-state index >= 15 is 0 Å². The molecule has 1 fully saturated rings. The fourth-order valence-electron chi connectivity index (χ4n) is 1.63. The molecule has 1 saturated carbocycles. The van der Waals surface area contributed by atoms with E-state index < -0.39 is 10.0 Å². The van der Waals surface area contributed by atoms with Gasteiger partial charge in [-0.15, -0.1) is 0 Å². The van der Waals surface area contributed by atoms with Crippen LogP contribution in [-0.4, -0.2) is 46.8 Å². The Balaban J connectivity index is 2.28. The Labute approximate surface area is 94.5 Å². The zero-order valence-corrected chi connectivity index (χ0v) is 9.89. The molecule has 1 heterocycles. The van der Waals surface area contributed by atoms with Crippen LogP contribution in [0.5, 0.6) is 0 Å². The van der Waals surface area contributed by atoms with E-state index in [-0.39, 0.29) is 24.1 Å². The molecule has 0 aliphatic heterocycles. The quantitative estimate of drug-likeness (QED) is 0.763. The first-order valence-corrected chi connectivity index (χ1v) is 6.61. The lowest BCUT2D eigenvalue weighted by molar-refractivity contribution is 0.250. The molecule has 6 nitrogen and oxygen atoms in total. The van der Waals surface area contributed by atoms with Gasteiger partial charge in [-0.2, -0.15) is 9.40 Å². The SMILES string of the molecule is Cn1cc(S(=O)(=O)N(CCO)C2CC2)cn1. The van der Waals surface area contributed by atoms with E-state index in [1.165, 1.54) is 21.4 Å². The van der Waals surface area contributed by atoms with Crippen molar-refractivity contribution in [2.45, 2.75) is 23.8 Å². The van der Waals surface area contributed by atoms with Gasteiger partial charge in [0.25, 0.3) is 0 Å². The van der Waals surface area contributed by atoms with Gasteiger partial charge >= 0.3 is 0 Å². The van der Waals surface area contributed by atoms with Crippen LogP contribution in [0.1, 0.15) is 12.8 Å². The topological polar surface area (TPSA) is 75.4 Å². The molecule has 0 unspecified atom stereocenters. The van der Waals surface area contributed by atoms with Crippen LogP contribution in [0.2, 0.25) is 0 Å². The molecular weight excluding hydrogens is 230 g/mol. The molecule has 0 bridgehead atoms. The highest BCUT2D eigenvalue weighted by molar-refractivity contribution is 7.89.